The predicted molar refractivity (Wildman–Crippen MR) is 106 cm³/mol. The number of nitrogens with zero attached hydrogens (tertiary/aromatic N) is 2. The van der Waals surface area contributed by atoms with Gasteiger partial charge in [0, 0.05) is 30.8 Å². The van der Waals surface area contributed by atoms with Crippen LogP contribution < -0.4 is 0 Å². The Kier molecular flexibility index (Phi) is 8.47. The summed E-state index contributed by atoms with van der Waals surface area (Å²) in [6, 6.07) is 0. The van der Waals surface area contributed by atoms with Crippen molar-refractivity contribution < 1.29 is 19.1 Å². The molecule has 0 N–H and O–H groups in total. The van der Waals surface area contributed by atoms with Crippen LogP contribution in [0, 0.1) is 19.8 Å². The second-order valence-corrected chi connectivity index (χ2v) is 6.98. The highest BCUT2D eigenvalue weighted by Crippen LogP contribution is 2.24. The van der Waals surface area contributed by atoms with Gasteiger partial charge < -0.3 is 14.2 Å². The highest BCUT2D eigenvalue weighted by atomic mass is 16.5. The van der Waals surface area contributed by atoms with Gasteiger partial charge in [-0.3, -0.25) is 9.59 Å². The molecule has 0 aliphatic heterocycles. The largest absolute Gasteiger partial charge is 0.461 e. The predicted octanol–water partition coefficient (Wildman–Crippen LogP) is 3.54. The Morgan fingerprint density at radius 1 is 1.22 bits per heavy atom. The third kappa shape index (κ3) is 5.31. The van der Waals surface area contributed by atoms with Crippen LogP contribution in [0.4, 0.5) is 0 Å². The minimum Gasteiger partial charge on any atom is -0.461 e. The Labute approximate surface area is 162 Å². The van der Waals surface area contributed by atoms with E-state index in [-0.39, 0.29) is 30.8 Å². The summed E-state index contributed by atoms with van der Waals surface area (Å²) in [4.78, 5) is 39.3. The molecule has 1 rings (SSSR count). The Balaban J connectivity index is 3.24. The quantitative estimate of drug-likeness (QED) is 0.356. The molecule has 1 aromatic rings. The van der Waals surface area contributed by atoms with E-state index < -0.39 is 5.97 Å². The number of hydrogen-bond donors (Lipinski definition) is 0. The van der Waals surface area contributed by atoms with E-state index in [4.69, 9.17) is 4.74 Å². The maximum Gasteiger partial charge on any atom is 0.355 e. The normalized spacial score (nSPS) is 10.8. The van der Waals surface area contributed by atoms with E-state index in [1.165, 1.54) is 4.90 Å². The van der Waals surface area contributed by atoms with Crippen molar-refractivity contribution in [1.29, 1.82) is 0 Å². The summed E-state index contributed by atoms with van der Waals surface area (Å²) in [6.45, 7) is 16.0. The Morgan fingerprint density at radius 2 is 1.85 bits per heavy atom. The molecule has 1 aromatic heterocycles. The molecule has 0 radical (unpaired) electrons. The molecule has 150 valence electrons. The highest BCUT2D eigenvalue weighted by Gasteiger charge is 2.28. The first-order valence-corrected chi connectivity index (χ1v) is 9.48. The molecule has 0 spiro atoms. The van der Waals surface area contributed by atoms with Crippen LogP contribution in [-0.4, -0.2) is 46.8 Å². The molecule has 0 unspecified atom stereocenters. The molecule has 0 aliphatic rings. The fourth-order valence-electron chi connectivity index (χ4n) is 3.30. The van der Waals surface area contributed by atoms with Crippen molar-refractivity contribution in [2.75, 3.05) is 19.7 Å². The average molecular weight is 376 g/mol. The van der Waals surface area contributed by atoms with E-state index >= 15 is 0 Å². The van der Waals surface area contributed by atoms with Crippen LogP contribution >= 0.6 is 0 Å². The first-order valence-electron chi connectivity index (χ1n) is 9.48. The summed E-state index contributed by atoms with van der Waals surface area (Å²) in [6.07, 6.45) is 2.00. The van der Waals surface area contributed by atoms with Crippen molar-refractivity contribution in [1.82, 2.24) is 9.47 Å². The molecule has 0 fully saturated rings. The van der Waals surface area contributed by atoms with Gasteiger partial charge in [-0.1, -0.05) is 19.9 Å². The molecule has 0 aromatic carbocycles. The summed E-state index contributed by atoms with van der Waals surface area (Å²) in [5, 5.41) is 0. The van der Waals surface area contributed by atoms with Gasteiger partial charge in [0.15, 0.2) is 5.78 Å². The van der Waals surface area contributed by atoms with Crippen molar-refractivity contribution in [3.8, 4) is 0 Å². The summed E-state index contributed by atoms with van der Waals surface area (Å²) < 4.78 is 6.95. The third-order valence-corrected chi connectivity index (χ3v) is 4.45. The van der Waals surface area contributed by atoms with Crippen LogP contribution in [0.1, 0.15) is 66.2 Å². The van der Waals surface area contributed by atoms with Crippen molar-refractivity contribution in [3.63, 3.8) is 0 Å². The first-order chi connectivity index (χ1) is 12.7. The van der Waals surface area contributed by atoms with Crippen molar-refractivity contribution in [3.05, 3.63) is 35.2 Å². The van der Waals surface area contributed by atoms with E-state index in [1.807, 2.05) is 27.7 Å². The zero-order chi connectivity index (χ0) is 20.7. The Morgan fingerprint density at radius 3 is 2.33 bits per heavy atom. The SMILES string of the molecule is C=CCN(CC(=O)c1c(C)c(C(=O)OCC)n(CC)c1C)C(=O)CC(C)C. The zero-order valence-corrected chi connectivity index (χ0v) is 17.4. The van der Waals surface area contributed by atoms with Crippen LogP contribution in [0.15, 0.2) is 12.7 Å². The fraction of sp³-hybridized carbons (Fsp3) is 0.571. The maximum atomic E-state index is 13.0. The highest BCUT2D eigenvalue weighted by molar-refractivity contribution is 6.04. The van der Waals surface area contributed by atoms with E-state index in [2.05, 4.69) is 6.58 Å². The van der Waals surface area contributed by atoms with E-state index in [0.29, 0.717) is 36.3 Å². The van der Waals surface area contributed by atoms with Crippen molar-refractivity contribution in [2.45, 2.75) is 54.5 Å². The lowest BCUT2D eigenvalue weighted by molar-refractivity contribution is -0.131. The van der Waals surface area contributed by atoms with Crippen molar-refractivity contribution in [2.24, 2.45) is 5.92 Å². The van der Waals surface area contributed by atoms with Gasteiger partial charge in [-0.15, -0.1) is 6.58 Å². The minimum absolute atomic E-state index is 0.0325. The molecular weight excluding hydrogens is 344 g/mol. The van der Waals surface area contributed by atoms with Crippen molar-refractivity contribution >= 4 is 17.7 Å². The topological polar surface area (TPSA) is 68.6 Å². The van der Waals surface area contributed by atoms with Gasteiger partial charge in [0.1, 0.15) is 5.69 Å². The molecule has 0 atom stereocenters. The molecule has 6 nitrogen and oxygen atoms in total. The van der Waals surface area contributed by atoms with E-state index in [0.717, 1.165) is 5.69 Å². The molecule has 6 heteroatoms. The molecular formula is C21H32N2O4. The molecule has 1 amide bonds. The lowest BCUT2D eigenvalue weighted by Gasteiger charge is -2.21. The van der Waals surface area contributed by atoms with Gasteiger partial charge in [-0.2, -0.15) is 0 Å². The smallest absolute Gasteiger partial charge is 0.355 e. The van der Waals surface area contributed by atoms with Gasteiger partial charge in [-0.05, 0) is 39.2 Å². The van der Waals surface area contributed by atoms with Gasteiger partial charge in [0.25, 0.3) is 0 Å². The maximum absolute atomic E-state index is 13.0. The Bertz CT molecular complexity index is 716. The molecule has 0 bridgehead atoms. The Hall–Kier alpha value is -2.37. The average Bonchev–Trinajstić information content (AvgIpc) is 2.83. The second-order valence-electron chi connectivity index (χ2n) is 6.98. The summed E-state index contributed by atoms with van der Waals surface area (Å²) >= 11 is 0. The monoisotopic (exact) mass is 376 g/mol. The summed E-state index contributed by atoms with van der Waals surface area (Å²) in [7, 11) is 0. The van der Waals surface area contributed by atoms with Crippen LogP contribution in [0.5, 0.6) is 0 Å². The number of carbonyl (C=O) groups excluding carboxylic acids is 3. The van der Waals surface area contributed by atoms with Crippen LogP contribution in [0.2, 0.25) is 0 Å². The third-order valence-electron chi connectivity index (χ3n) is 4.45. The molecule has 0 saturated carbocycles. The molecule has 1 heterocycles. The lowest BCUT2D eigenvalue weighted by Crippen LogP contribution is -2.36. The lowest BCUT2D eigenvalue weighted by atomic mass is 10.0. The summed E-state index contributed by atoms with van der Waals surface area (Å²) in [5.41, 5.74) is 2.22. The number of ether oxygens (including phenoxy) is 1. The van der Waals surface area contributed by atoms with E-state index in [9.17, 15) is 14.4 Å². The second kappa shape index (κ2) is 10.1. The number of rotatable bonds is 10. The van der Waals surface area contributed by atoms with Gasteiger partial charge >= 0.3 is 5.97 Å². The van der Waals surface area contributed by atoms with Crippen LogP contribution in [0.3, 0.4) is 0 Å². The van der Waals surface area contributed by atoms with Crippen LogP contribution in [0.25, 0.3) is 0 Å². The fourth-order valence-corrected chi connectivity index (χ4v) is 3.30. The van der Waals surface area contributed by atoms with E-state index in [1.54, 1.807) is 24.5 Å². The molecule has 0 aliphatic carbocycles. The van der Waals surface area contributed by atoms with Gasteiger partial charge in [-0.25, -0.2) is 4.79 Å². The van der Waals surface area contributed by atoms with Gasteiger partial charge in [0.2, 0.25) is 5.91 Å². The zero-order valence-electron chi connectivity index (χ0n) is 17.4. The number of Topliss-reactive ketones (excluding diaryl/α,β-unsaturated/α-hetero) is 1. The van der Waals surface area contributed by atoms with Crippen LogP contribution in [-0.2, 0) is 16.1 Å². The number of amides is 1. The standard InChI is InChI=1S/C21H32N2O4/c1-8-11-22(18(25)12-14(4)5)13-17(24)19-15(6)20(21(26)27-10-3)23(9-2)16(19)7/h8,14H,1,9-13H2,2-7H3. The molecule has 27 heavy (non-hydrogen) atoms. The first kappa shape index (κ1) is 22.7. The summed E-state index contributed by atoms with van der Waals surface area (Å²) in [5.74, 6) is -0.478. The number of hydrogen-bond acceptors (Lipinski definition) is 4. The molecule has 0 saturated heterocycles. The number of esters is 1. The number of carbonyl (C=O) groups is 3. The number of aromatic nitrogens is 1. The van der Waals surface area contributed by atoms with Gasteiger partial charge in [0.05, 0.1) is 13.2 Å². The number of ketones is 1. The minimum atomic E-state index is -0.433.